The second-order valence-electron chi connectivity index (χ2n) is 7.03. The minimum absolute atomic E-state index is 0. The number of rotatable bonds is 7. The summed E-state index contributed by atoms with van der Waals surface area (Å²) in [6.07, 6.45) is 1.36. The summed E-state index contributed by atoms with van der Waals surface area (Å²) in [5.41, 5.74) is 1.37. The van der Waals surface area contributed by atoms with Crippen LogP contribution in [0.25, 0.3) is 32.3 Å². The maximum atomic E-state index is 5.60. The molecule has 0 aliphatic heterocycles. The molecule has 0 heterocycles. The predicted molar refractivity (Wildman–Crippen MR) is 115 cm³/mol. The van der Waals surface area contributed by atoms with Crippen molar-refractivity contribution in [2.45, 2.75) is 32.9 Å². The Morgan fingerprint density at radius 3 is 2.23 bits per heavy atom. The fraction of sp³-hybridized carbons (Fsp3) is 0.304. The van der Waals surface area contributed by atoms with Gasteiger partial charge in [-0.05, 0) is 64.7 Å². The molecule has 0 aliphatic carbocycles. The largest absolute Gasteiger partial charge is 0.379 e. The van der Waals surface area contributed by atoms with E-state index in [2.05, 4.69) is 73.8 Å². The molecule has 1 N–H and O–H groups in total. The van der Waals surface area contributed by atoms with Crippen LogP contribution in [0.3, 0.4) is 0 Å². The first-order chi connectivity index (χ1) is 12.2. The molecule has 4 aromatic rings. The van der Waals surface area contributed by atoms with Gasteiger partial charge in [0.05, 0.1) is 6.10 Å². The molecule has 0 saturated carbocycles. The van der Waals surface area contributed by atoms with Crippen LogP contribution in [0, 0.1) is 0 Å². The first-order valence-electron chi connectivity index (χ1n) is 9.22. The summed E-state index contributed by atoms with van der Waals surface area (Å²) in [6, 6.07) is 20.1. The van der Waals surface area contributed by atoms with Gasteiger partial charge in [0.2, 0.25) is 0 Å². The van der Waals surface area contributed by atoms with Crippen LogP contribution in [0.4, 0.5) is 0 Å². The van der Waals surface area contributed by atoms with E-state index in [0.717, 1.165) is 26.1 Å². The van der Waals surface area contributed by atoms with Gasteiger partial charge in [-0.15, -0.1) is 12.4 Å². The van der Waals surface area contributed by atoms with Crippen molar-refractivity contribution >= 4 is 44.7 Å². The standard InChI is InChI=1S/C23H25NO.ClH/c1-16(2)25-14-4-13-24-15-20-10-9-19-8-7-17-5-3-6-18-11-12-21(20)23(19)22(17)18;/h3,5-12,16,24H,4,13-15H2,1-2H3;1H. The molecule has 4 rings (SSSR count). The topological polar surface area (TPSA) is 21.3 Å². The molecule has 26 heavy (non-hydrogen) atoms. The third kappa shape index (κ3) is 3.64. The fourth-order valence-electron chi connectivity index (χ4n) is 3.69. The van der Waals surface area contributed by atoms with Crippen molar-refractivity contribution in [1.82, 2.24) is 5.32 Å². The van der Waals surface area contributed by atoms with Gasteiger partial charge in [0.25, 0.3) is 0 Å². The Bertz CT molecular complexity index is 980. The van der Waals surface area contributed by atoms with E-state index >= 15 is 0 Å². The minimum atomic E-state index is 0. The smallest absolute Gasteiger partial charge is 0.0518 e. The molecule has 0 unspecified atom stereocenters. The summed E-state index contributed by atoms with van der Waals surface area (Å²) in [5, 5.41) is 11.7. The Kier molecular flexibility index (Phi) is 5.98. The average molecular weight is 368 g/mol. The van der Waals surface area contributed by atoms with Crippen molar-refractivity contribution in [2.24, 2.45) is 0 Å². The Morgan fingerprint density at radius 2 is 1.50 bits per heavy atom. The zero-order valence-corrected chi connectivity index (χ0v) is 16.2. The molecule has 0 spiro atoms. The fourth-order valence-corrected chi connectivity index (χ4v) is 3.69. The van der Waals surface area contributed by atoms with Crippen molar-refractivity contribution in [3.8, 4) is 0 Å². The van der Waals surface area contributed by atoms with Gasteiger partial charge in [-0.1, -0.05) is 54.6 Å². The lowest BCUT2D eigenvalue weighted by molar-refractivity contribution is 0.0770. The number of halogens is 1. The molecule has 0 saturated heterocycles. The van der Waals surface area contributed by atoms with Gasteiger partial charge in [-0.25, -0.2) is 0 Å². The average Bonchev–Trinajstić information content (AvgIpc) is 2.63. The highest BCUT2D eigenvalue weighted by atomic mass is 35.5. The molecule has 0 aromatic heterocycles. The Hall–Kier alpha value is -1.87. The highest BCUT2D eigenvalue weighted by Gasteiger charge is 2.10. The van der Waals surface area contributed by atoms with Gasteiger partial charge in [0.1, 0.15) is 0 Å². The molecule has 0 amide bonds. The van der Waals surface area contributed by atoms with Crippen molar-refractivity contribution in [1.29, 1.82) is 0 Å². The molecule has 0 bridgehead atoms. The quantitative estimate of drug-likeness (QED) is 0.324. The first kappa shape index (κ1) is 18.9. The van der Waals surface area contributed by atoms with Crippen LogP contribution in [-0.2, 0) is 11.3 Å². The Morgan fingerprint density at radius 1 is 0.846 bits per heavy atom. The van der Waals surface area contributed by atoms with Crippen molar-refractivity contribution < 1.29 is 4.74 Å². The lowest BCUT2D eigenvalue weighted by atomic mass is 9.92. The summed E-state index contributed by atoms with van der Waals surface area (Å²) in [5.74, 6) is 0. The van der Waals surface area contributed by atoms with Crippen LogP contribution in [-0.4, -0.2) is 19.3 Å². The van der Waals surface area contributed by atoms with Gasteiger partial charge >= 0.3 is 0 Å². The molecule has 4 aromatic carbocycles. The van der Waals surface area contributed by atoms with E-state index in [1.165, 1.54) is 37.9 Å². The molecule has 3 heteroatoms. The van der Waals surface area contributed by atoms with E-state index in [1.54, 1.807) is 0 Å². The summed E-state index contributed by atoms with van der Waals surface area (Å²) in [6.45, 7) is 6.87. The maximum absolute atomic E-state index is 5.60. The van der Waals surface area contributed by atoms with E-state index in [1.807, 2.05) is 0 Å². The van der Waals surface area contributed by atoms with Crippen LogP contribution in [0.2, 0.25) is 0 Å². The van der Waals surface area contributed by atoms with Gasteiger partial charge in [0, 0.05) is 13.2 Å². The maximum Gasteiger partial charge on any atom is 0.0518 e. The Balaban J connectivity index is 0.00000196. The monoisotopic (exact) mass is 367 g/mol. The molecule has 0 radical (unpaired) electrons. The van der Waals surface area contributed by atoms with Crippen LogP contribution in [0.5, 0.6) is 0 Å². The zero-order chi connectivity index (χ0) is 17.2. The van der Waals surface area contributed by atoms with Crippen molar-refractivity contribution in [3.63, 3.8) is 0 Å². The van der Waals surface area contributed by atoms with Gasteiger partial charge in [-0.2, -0.15) is 0 Å². The summed E-state index contributed by atoms with van der Waals surface area (Å²) in [7, 11) is 0. The third-order valence-electron chi connectivity index (χ3n) is 4.88. The number of ether oxygens (including phenoxy) is 1. The molecule has 0 fully saturated rings. The lowest BCUT2D eigenvalue weighted by Gasteiger charge is -2.14. The molecule has 136 valence electrons. The van der Waals surface area contributed by atoms with Gasteiger partial charge in [0.15, 0.2) is 0 Å². The SMILES string of the molecule is CC(C)OCCCNCc1ccc2ccc3cccc4ccc1c2c34.Cl. The number of hydrogen-bond donors (Lipinski definition) is 1. The highest BCUT2D eigenvalue weighted by molar-refractivity contribution is 6.23. The van der Waals surface area contributed by atoms with E-state index < -0.39 is 0 Å². The zero-order valence-electron chi connectivity index (χ0n) is 15.4. The normalized spacial score (nSPS) is 11.7. The summed E-state index contributed by atoms with van der Waals surface area (Å²) in [4.78, 5) is 0. The van der Waals surface area contributed by atoms with E-state index in [0.29, 0.717) is 6.10 Å². The first-order valence-corrected chi connectivity index (χ1v) is 9.22. The highest BCUT2D eigenvalue weighted by Crippen LogP contribution is 2.35. The summed E-state index contributed by atoms with van der Waals surface area (Å²) >= 11 is 0. The second-order valence-corrected chi connectivity index (χ2v) is 7.03. The van der Waals surface area contributed by atoms with Crippen LogP contribution < -0.4 is 5.32 Å². The molecule has 0 aliphatic rings. The predicted octanol–water partition coefficient (Wildman–Crippen LogP) is 5.91. The second kappa shape index (κ2) is 8.22. The molecule has 0 atom stereocenters. The van der Waals surface area contributed by atoms with E-state index in [9.17, 15) is 0 Å². The van der Waals surface area contributed by atoms with Crippen LogP contribution in [0.15, 0.2) is 54.6 Å². The number of benzene rings is 4. The molecular weight excluding hydrogens is 342 g/mol. The minimum Gasteiger partial charge on any atom is -0.379 e. The molecule has 2 nitrogen and oxygen atoms in total. The summed E-state index contributed by atoms with van der Waals surface area (Å²) < 4.78 is 5.60. The van der Waals surface area contributed by atoms with E-state index in [-0.39, 0.29) is 12.4 Å². The van der Waals surface area contributed by atoms with Crippen molar-refractivity contribution in [2.75, 3.05) is 13.2 Å². The number of nitrogens with one attached hydrogen (secondary N) is 1. The molecular formula is C23H26ClNO. The van der Waals surface area contributed by atoms with Crippen LogP contribution in [0.1, 0.15) is 25.8 Å². The lowest BCUT2D eigenvalue weighted by Crippen LogP contribution is -2.17. The Labute approximate surface area is 161 Å². The van der Waals surface area contributed by atoms with Gasteiger partial charge in [-0.3, -0.25) is 0 Å². The third-order valence-corrected chi connectivity index (χ3v) is 4.88. The van der Waals surface area contributed by atoms with Crippen molar-refractivity contribution in [3.05, 3.63) is 60.2 Å². The van der Waals surface area contributed by atoms with Crippen LogP contribution >= 0.6 is 12.4 Å². The van der Waals surface area contributed by atoms with Gasteiger partial charge < -0.3 is 10.1 Å². The number of hydrogen-bond acceptors (Lipinski definition) is 2. The van der Waals surface area contributed by atoms with E-state index in [4.69, 9.17) is 4.74 Å².